The average molecular weight is 1030 g/mol. The van der Waals surface area contributed by atoms with Gasteiger partial charge >= 0.3 is 11.9 Å². The summed E-state index contributed by atoms with van der Waals surface area (Å²) in [6.45, 7) is 13.4. The van der Waals surface area contributed by atoms with Crippen LogP contribution in [0.2, 0.25) is 0 Å². The van der Waals surface area contributed by atoms with E-state index in [4.69, 9.17) is 25.6 Å². The molecule has 2 heterocycles. The first-order chi connectivity index (χ1) is 19.0. The van der Waals surface area contributed by atoms with Gasteiger partial charge < -0.3 is 39.1 Å². The van der Waals surface area contributed by atoms with Gasteiger partial charge in [0.2, 0.25) is 0 Å². The third-order valence-corrected chi connectivity index (χ3v) is 10.2. The summed E-state index contributed by atoms with van der Waals surface area (Å²) in [6.07, 6.45) is -5.33. The first kappa shape index (κ1) is 37.8. The van der Waals surface area contributed by atoms with Gasteiger partial charge in [-0.25, -0.2) is 4.79 Å². The summed E-state index contributed by atoms with van der Waals surface area (Å²) in [4.78, 5) is 39.8. The number of carbonyl (C=O) groups is 3. The van der Waals surface area contributed by atoms with Gasteiger partial charge in [0, 0.05) is 118 Å². The minimum absolute atomic E-state index is 0. The third kappa shape index (κ3) is 5.75. The van der Waals surface area contributed by atoms with Gasteiger partial charge in [-0.2, -0.15) is 0 Å². The molecule has 3 fully saturated rings. The van der Waals surface area contributed by atoms with Crippen LogP contribution in [0.5, 0.6) is 0 Å². The summed E-state index contributed by atoms with van der Waals surface area (Å²) in [5.74, 6) is -4.71. The van der Waals surface area contributed by atoms with Crippen LogP contribution in [-0.2, 0) is 28.6 Å². The largest absolute Gasteiger partial charge is 0.469 e. The molecule has 230 valence electrons. The average Bonchev–Trinajstić information content (AvgIpc) is 3.43. The van der Waals surface area contributed by atoms with Crippen molar-refractivity contribution in [1.29, 1.82) is 0 Å². The van der Waals surface area contributed by atoms with Crippen molar-refractivity contribution in [3.8, 4) is 0 Å². The molecule has 0 spiro atoms. The first-order valence-corrected chi connectivity index (χ1v) is 13.9. The van der Waals surface area contributed by atoms with Crippen molar-refractivity contribution in [3.63, 3.8) is 0 Å². The van der Waals surface area contributed by atoms with Gasteiger partial charge in [0.05, 0.1) is 24.9 Å². The smallest absolute Gasteiger partial charge is 0.336 e. The van der Waals surface area contributed by atoms with Crippen molar-refractivity contribution in [2.24, 2.45) is 16.7 Å². The number of carbonyl (C=O) groups excluding carboxylic acids is 3. The van der Waals surface area contributed by atoms with Crippen LogP contribution in [0, 0.1) is 112 Å². The van der Waals surface area contributed by atoms with Gasteiger partial charge in [-0.3, -0.25) is 9.59 Å². The van der Waals surface area contributed by atoms with E-state index in [-0.39, 0.29) is 119 Å². The number of aliphatic hydroxyl groups excluding tert-OH is 2. The molecule has 5 rings (SSSR count). The van der Waals surface area contributed by atoms with E-state index in [0.717, 1.165) is 0 Å². The van der Waals surface area contributed by atoms with Crippen LogP contribution in [0.25, 0.3) is 0 Å². The summed E-state index contributed by atoms with van der Waals surface area (Å²) in [5.41, 5.74) is -6.02. The summed E-state index contributed by atoms with van der Waals surface area (Å²) < 4.78 is 22.3. The molecule has 43 heavy (non-hydrogen) atoms. The zero-order valence-electron chi connectivity index (χ0n) is 25.0. The molecule has 1 aromatic heterocycles. The molecule has 4 aliphatic rings. The summed E-state index contributed by atoms with van der Waals surface area (Å²) in [7, 11) is 0. The Balaban J connectivity index is 0.00000253. The number of rotatable bonds is 5. The second-order valence-electron chi connectivity index (χ2n) is 12.8. The molecule has 1 aromatic rings. The quantitative estimate of drug-likeness (QED) is 0.247. The van der Waals surface area contributed by atoms with Crippen molar-refractivity contribution < 1.29 is 142 Å². The van der Waals surface area contributed by atoms with Crippen LogP contribution in [0.15, 0.2) is 34.0 Å². The molecule has 0 amide bonds. The molecule has 10 atom stereocenters. The van der Waals surface area contributed by atoms with E-state index in [1.807, 2.05) is 0 Å². The van der Waals surface area contributed by atoms with E-state index in [9.17, 15) is 34.8 Å². The van der Waals surface area contributed by atoms with Crippen molar-refractivity contribution in [2.75, 3.05) is 6.61 Å². The standard InChI is InChI=1S/C30H38O11.2Ac/c1-14-18(41-26(35)21(32)15(2)17-8-7-11-38-17)12-30(37)25(40-16(3)31)23-28(6,10-9-19-29(23,36)13-39-19)24(34)22(33)20(14)27(30,4)5;;/h2,7-8,11,15,18-19,21-23,25,32-33,36-37H,9-10,12-13H2,1,3-6H3;;/t15-,18?,19+,21+,22+,23-,25-,28+,29-,30+;;/m0../s1. The Kier molecular flexibility index (Phi) is 11.5. The third-order valence-electron chi connectivity index (χ3n) is 10.2. The number of aliphatic hydroxyl groups is 4. The molecule has 1 aliphatic heterocycles. The predicted octanol–water partition coefficient (Wildman–Crippen LogP) is 1.25. The molecule has 2 bridgehead atoms. The maximum Gasteiger partial charge on any atom is 0.336 e. The Morgan fingerprint density at radius 2 is 1.81 bits per heavy atom. The number of ether oxygens (including phenoxy) is 3. The maximum atomic E-state index is 14.2. The fourth-order valence-electron chi connectivity index (χ4n) is 7.81. The van der Waals surface area contributed by atoms with E-state index in [0.29, 0.717) is 12.0 Å². The minimum Gasteiger partial charge on any atom is -0.469 e. The number of ketones is 1. The van der Waals surface area contributed by atoms with Crippen molar-refractivity contribution >= 4 is 17.7 Å². The van der Waals surface area contributed by atoms with Crippen LogP contribution >= 0.6 is 0 Å². The molecule has 1 saturated heterocycles. The number of furan rings is 1. The first-order valence-electron chi connectivity index (χ1n) is 13.9. The minimum atomic E-state index is -2.05. The van der Waals surface area contributed by atoms with Crippen molar-refractivity contribution in [2.45, 2.75) is 102 Å². The van der Waals surface area contributed by atoms with E-state index in [2.05, 4.69) is 0 Å². The predicted molar refractivity (Wildman–Crippen MR) is 140 cm³/mol. The summed E-state index contributed by atoms with van der Waals surface area (Å²) in [6, 6.07) is 3.04. The zero-order valence-corrected chi connectivity index (χ0v) is 34.5. The van der Waals surface area contributed by atoms with Crippen LogP contribution < -0.4 is 0 Å². The van der Waals surface area contributed by atoms with Gasteiger partial charge in [0.1, 0.15) is 35.3 Å². The van der Waals surface area contributed by atoms with Crippen LogP contribution in [0.1, 0.15) is 65.6 Å². The monoisotopic (exact) mass is 1030 g/mol. The number of esters is 2. The maximum absolute atomic E-state index is 14.2. The Morgan fingerprint density at radius 3 is 2.35 bits per heavy atom. The Labute approximate surface area is 322 Å². The SMILES string of the molecule is [Ac].[Ac].[CH][C@@H](c1ccco1)[C@@H](O)C(=O)OC1C[C@@]2(O)[C@@H](OC(C)=O)[C@@H]3[C@]4(O)CO[C@@H]4CC[C@@]3(C)C(=O)[C@H](O)C(=C1C)C2(C)C. The van der Waals surface area contributed by atoms with Crippen molar-refractivity contribution in [3.05, 3.63) is 42.2 Å². The molecule has 4 N–H and O–H groups in total. The number of hydrogen-bond donors (Lipinski definition) is 4. The molecular weight excluding hydrogens is 990 g/mol. The summed E-state index contributed by atoms with van der Waals surface area (Å²) >= 11 is 0. The molecular formula is C30H38Ac2O11. The summed E-state index contributed by atoms with van der Waals surface area (Å²) in [5, 5.41) is 46.8. The number of hydrogen-bond acceptors (Lipinski definition) is 11. The van der Waals surface area contributed by atoms with E-state index >= 15 is 0 Å². The molecule has 1 unspecified atom stereocenters. The van der Waals surface area contributed by atoms with Gasteiger partial charge in [-0.05, 0) is 50.0 Å². The topological polar surface area (TPSA) is 173 Å². The van der Waals surface area contributed by atoms with E-state index < -0.39 is 82.1 Å². The Bertz CT molecular complexity index is 1280. The van der Waals surface area contributed by atoms with Gasteiger partial charge in [-0.15, -0.1) is 0 Å². The van der Waals surface area contributed by atoms with Gasteiger partial charge in [-0.1, -0.05) is 20.8 Å². The van der Waals surface area contributed by atoms with Crippen LogP contribution in [-0.4, -0.2) is 86.5 Å². The normalized spacial score (nSPS) is 39.2. The number of fused-ring (bicyclic) bond motifs is 5. The molecule has 11 nitrogen and oxygen atoms in total. The van der Waals surface area contributed by atoms with E-state index in [1.165, 1.54) is 19.3 Å². The fourth-order valence-corrected chi connectivity index (χ4v) is 7.81. The molecule has 3 aliphatic carbocycles. The Hall–Kier alpha value is 0.313. The van der Waals surface area contributed by atoms with Gasteiger partial charge in [0.15, 0.2) is 11.9 Å². The van der Waals surface area contributed by atoms with Crippen LogP contribution in [0.4, 0.5) is 0 Å². The molecule has 0 aromatic carbocycles. The second kappa shape index (κ2) is 13.1. The molecule has 13 heteroatoms. The van der Waals surface area contributed by atoms with Gasteiger partial charge in [0.25, 0.3) is 0 Å². The zero-order chi connectivity index (χ0) is 30.3. The van der Waals surface area contributed by atoms with Crippen molar-refractivity contribution in [1.82, 2.24) is 0 Å². The Morgan fingerprint density at radius 1 is 1.16 bits per heavy atom. The van der Waals surface area contributed by atoms with Crippen LogP contribution in [0.3, 0.4) is 0 Å². The number of Topliss-reactive ketones (excluding diaryl/α,β-unsaturated/α-hetero) is 1. The van der Waals surface area contributed by atoms with E-state index in [1.54, 1.807) is 33.8 Å². The second-order valence-corrected chi connectivity index (χ2v) is 12.8. The molecule has 4 radical (unpaired) electrons. The molecule has 2 saturated carbocycles. The fraction of sp³-hybridized carbons (Fsp3) is 0.667.